The zero-order chi connectivity index (χ0) is 35.4. The molecule has 3 N–H and O–H groups in total. The highest BCUT2D eigenvalue weighted by Gasteiger charge is 2.91. The van der Waals surface area contributed by atoms with Crippen molar-refractivity contribution in [3.8, 4) is 0 Å². The molecule has 52 heavy (non-hydrogen) atoms. The molecule has 0 radical (unpaired) electrons. The highest BCUT2D eigenvalue weighted by molar-refractivity contribution is 5.93. The molecule has 3 spiro atoms. The van der Waals surface area contributed by atoms with E-state index >= 15 is 0 Å². The third-order valence-electron chi connectivity index (χ3n) is 16.9. The molecule has 12 rings (SSSR count). The Labute approximate surface area is 303 Å². The van der Waals surface area contributed by atoms with Crippen molar-refractivity contribution in [2.75, 3.05) is 44.5 Å². The predicted octanol–water partition coefficient (Wildman–Crippen LogP) is 4.37. The molecule has 0 aromatic heterocycles. The van der Waals surface area contributed by atoms with Gasteiger partial charge in [0.25, 0.3) is 0 Å². The van der Waals surface area contributed by atoms with Gasteiger partial charge in [-0.1, -0.05) is 56.3 Å². The molecular formula is C42H46N4O6. The number of hydrogen-bond donors (Lipinski definition) is 3. The number of piperidine rings is 1. The topological polar surface area (TPSA) is 116 Å². The quantitative estimate of drug-likeness (QED) is 0.241. The minimum Gasteiger partial charge on any atom is -0.468 e. The van der Waals surface area contributed by atoms with Crippen molar-refractivity contribution in [2.45, 2.75) is 92.8 Å². The van der Waals surface area contributed by atoms with Crippen molar-refractivity contribution < 1.29 is 28.9 Å². The van der Waals surface area contributed by atoms with Gasteiger partial charge >= 0.3 is 11.9 Å². The average Bonchev–Trinajstić information content (AvgIpc) is 3.41. The molecule has 10 aliphatic rings. The lowest BCUT2D eigenvalue weighted by atomic mass is 9.48. The largest absolute Gasteiger partial charge is 0.468 e. The molecule has 0 amide bonds. The standard InChI is InChI=1S/C42H46N4O6/c1-5-37-20-24(33(47)50-3)31-39(25-9-6-7-10-27(25)43-31)14-18-46(34(37)39)29(30-32(37)52-30)23-11-12-28-26(19-23)40-15-17-45-16-8-13-38(35(40)45)21-41(40,36(48)51-4)42(49,44-28)22(38)2/h6-13,19,22,29-30,32,34-35,43-44,49H,5,14-18,20-21H2,1-4H3. The van der Waals surface area contributed by atoms with Crippen molar-refractivity contribution in [3.05, 3.63) is 82.6 Å². The maximum atomic E-state index is 14.4. The van der Waals surface area contributed by atoms with Gasteiger partial charge in [0.2, 0.25) is 0 Å². The zero-order valence-electron chi connectivity index (χ0n) is 30.2. The summed E-state index contributed by atoms with van der Waals surface area (Å²) in [5, 5.41) is 20.2. The summed E-state index contributed by atoms with van der Waals surface area (Å²) < 4.78 is 18.0. The molecule has 6 fully saturated rings. The number of epoxide rings is 1. The Hall–Kier alpha value is -3.70. The first-order valence-corrected chi connectivity index (χ1v) is 19.4. The van der Waals surface area contributed by atoms with E-state index in [9.17, 15) is 14.7 Å². The highest BCUT2D eigenvalue weighted by atomic mass is 16.6. The Kier molecular flexibility index (Phi) is 5.40. The molecule has 7 aliphatic heterocycles. The van der Waals surface area contributed by atoms with Crippen molar-refractivity contribution in [3.63, 3.8) is 0 Å². The molecule has 2 saturated carbocycles. The van der Waals surface area contributed by atoms with Gasteiger partial charge in [-0.05, 0) is 67.5 Å². The summed E-state index contributed by atoms with van der Waals surface area (Å²) in [6.07, 6.45) is 8.34. The summed E-state index contributed by atoms with van der Waals surface area (Å²) in [6.45, 7) is 6.99. The van der Waals surface area contributed by atoms with Crippen LogP contribution in [-0.2, 0) is 34.6 Å². The lowest BCUT2D eigenvalue weighted by Gasteiger charge is -2.63. The predicted molar refractivity (Wildman–Crippen MR) is 191 cm³/mol. The lowest BCUT2D eigenvalue weighted by Crippen LogP contribution is -2.75. The number of hydrogen-bond acceptors (Lipinski definition) is 10. The Bertz CT molecular complexity index is 2120. The third kappa shape index (κ3) is 2.80. The molecule has 4 saturated heterocycles. The van der Waals surface area contributed by atoms with E-state index < -0.39 is 16.6 Å². The van der Waals surface area contributed by atoms with Crippen molar-refractivity contribution in [2.24, 2.45) is 22.2 Å². The Morgan fingerprint density at radius 1 is 1.04 bits per heavy atom. The Balaban J connectivity index is 1.05. The number of anilines is 2. The number of carbonyl (C=O) groups is 2. The van der Waals surface area contributed by atoms with Gasteiger partial charge < -0.3 is 30.0 Å². The summed E-state index contributed by atoms with van der Waals surface area (Å²) in [5.74, 6) is -0.740. The van der Waals surface area contributed by atoms with Crippen LogP contribution in [0.5, 0.6) is 0 Å². The van der Waals surface area contributed by atoms with Crippen molar-refractivity contribution in [1.29, 1.82) is 0 Å². The normalized spacial score (nSPS) is 47.4. The van der Waals surface area contributed by atoms with Gasteiger partial charge in [-0.2, -0.15) is 0 Å². The smallest absolute Gasteiger partial charge is 0.335 e. The van der Waals surface area contributed by atoms with Crippen LogP contribution < -0.4 is 10.6 Å². The number of esters is 2. The number of rotatable bonds is 4. The summed E-state index contributed by atoms with van der Waals surface area (Å²) in [5.41, 5.74) is 3.24. The van der Waals surface area contributed by atoms with E-state index in [1.807, 2.05) is 0 Å². The van der Waals surface area contributed by atoms with E-state index in [1.54, 1.807) is 0 Å². The molecule has 12 unspecified atom stereocenters. The molecule has 12 atom stereocenters. The average molecular weight is 703 g/mol. The second-order valence-electron chi connectivity index (χ2n) is 17.7. The summed E-state index contributed by atoms with van der Waals surface area (Å²) in [4.78, 5) is 33.3. The molecule has 10 nitrogen and oxygen atoms in total. The van der Waals surface area contributed by atoms with E-state index in [-0.39, 0.29) is 64.4 Å². The Morgan fingerprint density at radius 3 is 2.69 bits per heavy atom. The number of fused-ring (bicyclic) bond motifs is 4. The van der Waals surface area contributed by atoms with Gasteiger partial charge in [0.1, 0.15) is 11.5 Å². The second-order valence-corrected chi connectivity index (χ2v) is 17.7. The molecule has 2 bridgehead atoms. The van der Waals surface area contributed by atoms with Crippen LogP contribution in [0.1, 0.15) is 68.7 Å². The fourth-order valence-electron chi connectivity index (χ4n) is 15.3. The highest BCUT2D eigenvalue weighted by Crippen LogP contribution is 2.82. The number of carbonyl (C=O) groups excluding carboxylic acids is 2. The van der Waals surface area contributed by atoms with E-state index in [0.717, 1.165) is 67.1 Å². The van der Waals surface area contributed by atoms with E-state index in [4.69, 9.17) is 14.2 Å². The number of methoxy groups -OCH3 is 2. The first-order chi connectivity index (χ1) is 25.1. The van der Waals surface area contributed by atoms with E-state index in [0.29, 0.717) is 12.8 Å². The zero-order valence-corrected chi connectivity index (χ0v) is 30.2. The monoisotopic (exact) mass is 702 g/mol. The maximum Gasteiger partial charge on any atom is 0.335 e. The van der Waals surface area contributed by atoms with E-state index in [1.165, 1.54) is 25.3 Å². The van der Waals surface area contributed by atoms with Crippen LogP contribution >= 0.6 is 0 Å². The van der Waals surface area contributed by atoms with Crippen LogP contribution in [0, 0.1) is 22.2 Å². The molecule has 270 valence electrons. The molecule has 2 aromatic rings. The second kappa shape index (κ2) is 9.14. The van der Waals surface area contributed by atoms with Gasteiger partial charge in [0.05, 0.1) is 37.4 Å². The van der Waals surface area contributed by atoms with E-state index in [2.05, 4.69) is 88.9 Å². The SMILES string of the molecule is CCC12CC(C(=O)OC)=C3Nc4ccccc4C34CCN(C(c3ccc5c(c3)C36CCN7CC=CC8(CC3(C(=O)OC)C(O)(N5)C8C)C76)C3OC31)C42. The number of aliphatic hydroxyl groups is 1. The number of nitrogens with zero attached hydrogens (tertiary/aromatic N) is 2. The van der Waals surface area contributed by atoms with Gasteiger partial charge in [0, 0.05) is 64.4 Å². The van der Waals surface area contributed by atoms with Gasteiger partial charge in [0.15, 0.2) is 5.72 Å². The van der Waals surface area contributed by atoms with Crippen LogP contribution in [0.4, 0.5) is 11.4 Å². The minimum atomic E-state index is -1.44. The molecule has 10 heteroatoms. The van der Waals surface area contributed by atoms with Crippen LogP contribution in [0.2, 0.25) is 0 Å². The van der Waals surface area contributed by atoms with Gasteiger partial charge in [-0.15, -0.1) is 0 Å². The van der Waals surface area contributed by atoms with Gasteiger partial charge in [-0.25, -0.2) is 4.79 Å². The number of para-hydroxylation sites is 1. The Morgan fingerprint density at radius 2 is 1.88 bits per heavy atom. The number of ether oxygens (including phenoxy) is 3. The van der Waals surface area contributed by atoms with Crippen LogP contribution in [-0.4, -0.2) is 90.7 Å². The fourth-order valence-corrected chi connectivity index (χ4v) is 15.3. The summed E-state index contributed by atoms with van der Waals surface area (Å²) in [6, 6.07) is 15.6. The maximum absolute atomic E-state index is 14.4. The minimum absolute atomic E-state index is 0.00332. The number of nitrogens with one attached hydrogen (secondary N) is 2. The number of benzene rings is 2. The summed E-state index contributed by atoms with van der Waals surface area (Å²) >= 11 is 0. The third-order valence-corrected chi connectivity index (χ3v) is 16.9. The fraction of sp³-hybridized carbons (Fsp3) is 0.571. The molecular weight excluding hydrogens is 656 g/mol. The first-order valence-electron chi connectivity index (χ1n) is 19.4. The van der Waals surface area contributed by atoms with Crippen LogP contribution in [0.3, 0.4) is 0 Å². The molecule has 7 heterocycles. The van der Waals surface area contributed by atoms with Gasteiger partial charge in [-0.3, -0.25) is 14.6 Å². The summed E-state index contributed by atoms with van der Waals surface area (Å²) in [7, 11) is 2.97. The van der Waals surface area contributed by atoms with Crippen molar-refractivity contribution >= 4 is 23.3 Å². The van der Waals surface area contributed by atoms with Crippen molar-refractivity contribution in [1.82, 2.24) is 9.80 Å². The first kappa shape index (κ1) is 30.7. The van der Waals surface area contributed by atoms with Crippen LogP contribution in [0.25, 0.3) is 0 Å². The molecule has 3 aliphatic carbocycles. The molecule has 2 aromatic carbocycles. The lowest BCUT2D eigenvalue weighted by molar-refractivity contribution is -0.190. The van der Waals surface area contributed by atoms with Crippen LogP contribution in [0.15, 0.2) is 65.9 Å².